The molecule has 5 amide bonds. The minimum absolute atomic E-state index is 0.254. The zero-order chi connectivity index (χ0) is 23.0. The molecule has 0 radical (unpaired) electrons. The van der Waals surface area contributed by atoms with Gasteiger partial charge in [0, 0.05) is 37.8 Å². The average molecular weight is 434 g/mol. The summed E-state index contributed by atoms with van der Waals surface area (Å²) in [6, 6.07) is 10.1. The van der Waals surface area contributed by atoms with Gasteiger partial charge >= 0.3 is 6.03 Å². The molecule has 2 heterocycles. The van der Waals surface area contributed by atoms with Crippen molar-refractivity contribution in [1.29, 1.82) is 0 Å². The number of carbonyl (C=O) groups excluding carboxylic acids is 4. The number of anilines is 1. The van der Waals surface area contributed by atoms with Crippen LogP contribution in [-0.2, 0) is 22.7 Å². The van der Waals surface area contributed by atoms with Gasteiger partial charge in [0.1, 0.15) is 0 Å². The van der Waals surface area contributed by atoms with Gasteiger partial charge in [0.05, 0.1) is 6.04 Å². The molecule has 8 heteroatoms. The summed E-state index contributed by atoms with van der Waals surface area (Å²) in [5, 5.41) is 5.16. The first-order valence-corrected chi connectivity index (χ1v) is 10.6. The third kappa shape index (κ3) is 4.13. The number of fused-ring (bicyclic) bond motifs is 1. The van der Waals surface area contributed by atoms with Gasteiger partial charge in [-0.15, -0.1) is 0 Å². The molecule has 166 valence electrons. The molecular weight excluding hydrogens is 408 g/mol. The summed E-state index contributed by atoms with van der Waals surface area (Å²) in [6.45, 7) is 4.88. The Labute approximate surface area is 186 Å². The molecule has 1 saturated heterocycles. The fourth-order valence-corrected chi connectivity index (χ4v) is 4.20. The second-order valence-electron chi connectivity index (χ2n) is 8.41. The minimum Gasteiger partial charge on any atom is -0.307 e. The number of urea groups is 1. The largest absolute Gasteiger partial charge is 0.328 e. The molecule has 1 fully saturated rings. The lowest BCUT2D eigenvalue weighted by Crippen LogP contribution is -2.50. The average Bonchev–Trinajstić information content (AvgIpc) is 3.19. The molecule has 8 nitrogen and oxygen atoms in total. The highest BCUT2D eigenvalue weighted by Crippen LogP contribution is 2.30. The Morgan fingerprint density at radius 1 is 1.09 bits per heavy atom. The number of piperidine rings is 1. The van der Waals surface area contributed by atoms with Crippen LogP contribution >= 0.6 is 0 Å². The van der Waals surface area contributed by atoms with E-state index in [1.807, 2.05) is 36.9 Å². The van der Waals surface area contributed by atoms with E-state index in [1.165, 1.54) is 7.05 Å². The third-order valence-corrected chi connectivity index (χ3v) is 6.26. The maximum atomic E-state index is 13.2. The van der Waals surface area contributed by atoms with E-state index in [9.17, 15) is 19.2 Å². The number of imide groups is 2. The Kier molecular flexibility index (Phi) is 5.80. The quantitative estimate of drug-likeness (QED) is 0.724. The van der Waals surface area contributed by atoms with Crippen molar-refractivity contribution in [2.24, 2.45) is 0 Å². The van der Waals surface area contributed by atoms with Crippen LogP contribution in [0.1, 0.15) is 45.5 Å². The van der Waals surface area contributed by atoms with Crippen LogP contribution in [0.2, 0.25) is 0 Å². The molecule has 0 saturated carbocycles. The lowest BCUT2D eigenvalue weighted by Gasteiger charge is -2.29. The zero-order valence-corrected chi connectivity index (χ0v) is 18.4. The fraction of sp³-hybridized carbons (Fsp3) is 0.333. The Balaban J connectivity index is 1.49. The summed E-state index contributed by atoms with van der Waals surface area (Å²) in [6.07, 6.45) is 0.761. The van der Waals surface area contributed by atoms with E-state index in [0.29, 0.717) is 37.2 Å². The maximum absolute atomic E-state index is 13.2. The van der Waals surface area contributed by atoms with Gasteiger partial charge in [-0.1, -0.05) is 18.2 Å². The first-order chi connectivity index (χ1) is 15.2. The van der Waals surface area contributed by atoms with Gasteiger partial charge in [-0.05, 0) is 60.7 Å². The van der Waals surface area contributed by atoms with Gasteiger partial charge in [0.2, 0.25) is 11.8 Å². The number of rotatable bonds is 3. The van der Waals surface area contributed by atoms with Crippen LogP contribution in [-0.4, -0.2) is 46.6 Å². The first-order valence-electron chi connectivity index (χ1n) is 10.6. The van der Waals surface area contributed by atoms with E-state index in [-0.39, 0.29) is 11.8 Å². The Bertz CT molecular complexity index is 1130. The molecular formula is C24H26N4O4. The number of aryl methyl sites for hydroxylation is 2. The summed E-state index contributed by atoms with van der Waals surface area (Å²) in [7, 11) is 1.45. The van der Waals surface area contributed by atoms with Crippen molar-refractivity contribution in [2.45, 2.75) is 45.8 Å². The SMILES string of the molecule is Cc1ccc(NC(=O)N(C)C(=O)c2cccc3c2CN(C2CCC(=O)NC2=O)C3)cc1C. The van der Waals surface area contributed by atoms with E-state index < -0.39 is 18.0 Å². The Morgan fingerprint density at radius 3 is 2.59 bits per heavy atom. The van der Waals surface area contributed by atoms with Crippen LogP contribution < -0.4 is 10.6 Å². The van der Waals surface area contributed by atoms with E-state index >= 15 is 0 Å². The molecule has 0 aromatic heterocycles. The van der Waals surface area contributed by atoms with Crippen LogP contribution in [0.25, 0.3) is 0 Å². The van der Waals surface area contributed by atoms with Crippen molar-refractivity contribution in [3.63, 3.8) is 0 Å². The number of amides is 5. The number of carbonyl (C=O) groups is 4. The van der Waals surface area contributed by atoms with E-state index in [1.54, 1.807) is 18.2 Å². The topological polar surface area (TPSA) is 98.8 Å². The molecule has 0 bridgehead atoms. The second-order valence-corrected chi connectivity index (χ2v) is 8.41. The van der Waals surface area contributed by atoms with E-state index in [0.717, 1.165) is 27.2 Å². The van der Waals surface area contributed by atoms with Crippen LogP contribution in [0, 0.1) is 13.8 Å². The molecule has 1 atom stereocenters. The van der Waals surface area contributed by atoms with Crippen LogP contribution in [0.5, 0.6) is 0 Å². The smallest absolute Gasteiger partial charge is 0.307 e. The van der Waals surface area contributed by atoms with Gasteiger partial charge in [-0.2, -0.15) is 0 Å². The second kappa shape index (κ2) is 8.55. The van der Waals surface area contributed by atoms with E-state index in [4.69, 9.17) is 0 Å². The van der Waals surface area contributed by atoms with Crippen molar-refractivity contribution < 1.29 is 19.2 Å². The van der Waals surface area contributed by atoms with Crippen molar-refractivity contribution in [2.75, 3.05) is 12.4 Å². The summed E-state index contributed by atoms with van der Waals surface area (Å²) >= 11 is 0. The van der Waals surface area contributed by atoms with Gasteiger partial charge in [-0.3, -0.25) is 29.5 Å². The molecule has 2 aromatic carbocycles. The lowest BCUT2D eigenvalue weighted by atomic mass is 10.0. The predicted molar refractivity (Wildman–Crippen MR) is 119 cm³/mol. The molecule has 4 rings (SSSR count). The van der Waals surface area contributed by atoms with Crippen molar-refractivity contribution in [1.82, 2.24) is 15.1 Å². The highest BCUT2D eigenvalue weighted by Gasteiger charge is 2.36. The van der Waals surface area contributed by atoms with Crippen molar-refractivity contribution in [3.8, 4) is 0 Å². The summed E-state index contributed by atoms with van der Waals surface area (Å²) in [5.41, 5.74) is 4.99. The maximum Gasteiger partial charge on any atom is 0.328 e. The molecule has 2 aliphatic heterocycles. The highest BCUT2D eigenvalue weighted by molar-refractivity contribution is 6.08. The van der Waals surface area contributed by atoms with Crippen LogP contribution in [0.4, 0.5) is 10.5 Å². The molecule has 2 aliphatic rings. The highest BCUT2D eigenvalue weighted by atomic mass is 16.2. The molecule has 2 aromatic rings. The van der Waals surface area contributed by atoms with Crippen LogP contribution in [0.3, 0.4) is 0 Å². The molecule has 32 heavy (non-hydrogen) atoms. The third-order valence-electron chi connectivity index (χ3n) is 6.26. The predicted octanol–water partition coefficient (Wildman–Crippen LogP) is 2.73. The van der Waals surface area contributed by atoms with Gasteiger partial charge in [0.15, 0.2) is 0 Å². The normalized spacial score (nSPS) is 18.2. The molecule has 1 unspecified atom stereocenters. The zero-order valence-electron chi connectivity index (χ0n) is 18.4. The Hall–Kier alpha value is -3.52. The minimum atomic E-state index is -0.518. The van der Waals surface area contributed by atoms with Gasteiger partial charge in [-0.25, -0.2) is 4.79 Å². The number of hydrogen-bond acceptors (Lipinski definition) is 5. The number of hydrogen-bond donors (Lipinski definition) is 2. The van der Waals surface area contributed by atoms with Gasteiger partial charge in [0.25, 0.3) is 5.91 Å². The summed E-state index contributed by atoms with van der Waals surface area (Å²) < 4.78 is 0. The summed E-state index contributed by atoms with van der Waals surface area (Å²) in [4.78, 5) is 52.7. The van der Waals surface area contributed by atoms with Gasteiger partial charge < -0.3 is 5.32 Å². The fourth-order valence-electron chi connectivity index (χ4n) is 4.20. The van der Waals surface area contributed by atoms with Crippen LogP contribution in [0.15, 0.2) is 36.4 Å². The molecule has 0 aliphatic carbocycles. The van der Waals surface area contributed by atoms with Crippen molar-refractivity contribution >= 4 is 29.4 Å². The van der Waals surface area contributed by atoms with E-state index in [2.05, 4.69) is 10.6 Å². The lowest BCUT2D eigenvalue weighted by molar-refractivity contribution is -0.137. The molecule has 0 spiro atoms. The first kappa shape index (κ1) is 21.7. The Morgan fingerprint density at radius 2 is 1.88 bits per heavy atom. The number of nitrogens with zero attached hydrogens (tertiary/aromatic N) is 2. The standard InChI is InChI=1S/C24H26N4O4/c1-14-7-8-17(11-15(14)2)25-24(32)27(3)23(31)18-6-4-5-16-12-28(13-19(16)18)20-9-10-21(29)26-22(20)30/h4-8,11,20H,9-10,12-13H2,1-3H3,(H,25,32)(H,26,29,30). The monoisotopic (exact) mass is 434 g/mol. The number of nitrogens with one attached hydrogen (secondary N) is 2. The summed E-state index contributed by atoms with van der Waals surface area (Å²) in [5.74, 6) is -0.963. The number of benzene rings is 2. The van der Waals surface area contributed by atoms with Crippen molar-refractivity contribution in [3.05, 3.63) is 64.2 Å². The molecule has 2 N–H and O–H groups in total.